The lowest BCUT2D eigenvalue weighted by Gasteiger charge is -2.48. The van der Waals surface area contributed by atoms with E-state index in [2.05, 4.69) is 29.1 Å². The fraction of sp³-hybridized carbons (Fsp3) is 0.458. The smallest absolute Gasteiger partial charge is 0.231 e. The van der Waals surface area contributed by atoms with Crippen LogP contribution < -0.4 is 11.1 Å². The molecule has 1 aromatic carbocycles. The van der Waals surface area contributed by atoms with Crippen molar-refractivity contribution < 1.29 is 4.79 Å². The molecule has 30 heavy (non-hydrogen) atoms. The van der Waals surface area contributed by atoms with Gasteiger partial charge < -0.3 is 16.0 Å². The maximum atomic E-state index is 13.4. The summed E-state index contributed by atoms with van der Waals surface area (Å²) in [7, 11) is 0. The van der Waals surface area contributed by atoms with Gasteiger partial charge in [0.05, 0.1) is 22.6 Å². The molecule has 0 radical (unpaired) electrons. The predicted molar refractivity (Wildman–Crippen MR) is 120 cm³/mol. The number of amides is 1. The molecule has 6 heteroatoms. The SMILES string of the molecule is CC1CC2CC(C)CC(C(=O)Nc3cc4nc(-c5ccc(N)cc5)[nH]c4cn3)(C1)C2. The number of imidazole rings is 1. The fourth-order valence-electron chi connectivity index (χ4n) is 5.99. The highest BCUT2D eigenvalue weighted by molar-refractivity contribution is 5.96. The van der Waals surface area contributed by atoms with E-state index in [0.29, 0.717) is 23.6 Å². The largest absolute Gasteiger partial charge is 0.399 e. The molecule has 0 spiro atoms. The molecule has 2 aliphatic carbocycles. The molecule has 2 unspecified atom stereocenters. The molecule has 5 rings (SSSR count). The average Bonchev–Trinajstić information content (AvgIpc) is 3.10. The number of aromatic nitrogens is 3. The van der Waals surface area contributed by atoms with Crippen LogP contribution in [0.5, 0.6) is 0 Å². The van der Waals surface area contributed by atoms with Crippen molar-refractivity contribution in [1.29, 1.82) is 0 Å². The standard InChI is InChI=1S/C24H29N5O/c1-14-7-16-8-15(2)11-24(10-14,12-16)23(30)29-21-9-19-20(13-26-21)28-22(27-19)17-3-5-18(25)6-4-17/h3-6,9,13-16H,7-8,10-12,25H2,1-2H3,(H,27,28)(H,26,29,30). The first kappa shape index (κ1) is 19.1. The lowest BCUT2D eigenvalue weighted by molar-refractivity contribution is -0.133. The van der Waals surface area contributed by atoms with Crippen LogP contribution in [0.1, 0.15) is 46.0 Å². The third kappa shape index (κ3) is 3.44. The molecule has 2 fully saturated rings. The molecule has 0 aliphatic heterocycles. The van der Waals surface area contributed by atoms with Crippen LogP contribution in [0.2, 0.25) is 0 Å². The Balaban J connectivity index is 1.39. The van der Waals surface area contributed by atoms with Crippen molar-refractivity contribution in [3.63, 3.8) is 0 Å². The van der Waals surface area contributed by atoms with Crippen molar-refractivity contribution >= 4 is 28.4 Å². The lowest BCUT2D eigenvalue weighted by Crippen LogP contribution is -2.47. The fourth-order valence-corrected chi connectivity index (χ4v) is 5.99. The van der Waals surface area contributed by atoms with Gasteiger partial charge >= 0.3 is 0 Å². The van der Waals surface area contributed by atoms with Gasteiger partial charge in [-0.3, -0.25) is 4.79 Å². The van der Waals surface area contributed by atoms with Crippen molar-refractivity contribution in [3.8, 4) is 11.4 Å². The Morgan fingerprint density at radius 3 is 2.53 bits per heavy atom. The van der Waals surface area contributed by atoms with Crippen LogP contribution in [-0.4, -0.2) is 20.9 Å². The number of benzene rings is 1. The first-order chi connectivity index (χ1) is 14.4. The molecule has 3 aromatic rings. The molecule has 0 saturated heterocycles. The first-order valence-electron chi connectivity index (χ1n) is 10.9. The zero-order valence-electron chi connectivity index (χ0n) is 17.6. The number of nitrogens with one attached hydrogen (secondary N) is 2. The third-order valence-corrected chi connectivity index (χ3v) is 6.90. The molecule has 2 atom stereocenters. The zero-order chi connectivity index (χ0) is 20.9. The molecular formula is C24H29N5O. The number of hydrogen-bond acceptors (Lipinski definition) is 4. The second-order valence-corrected chi connectivity index (χ2v) is 9.69. The van der Waals surface area contributed by atoms with Crippen molar-refractivity contribution in [2.75, 3.05) is 11.1 Å². The Morgan fingerprint density at radius 2 is 1.83 bits per heavy atom. The van der Waals surface area contributed by atoms with Crippen LogP contribution in [0, 0.1) is 23.2 Å². The molecule has 2 aliphatic rings. The summed E-state index contributed by atoms with van der Waals surface area (Å²) in [5.41, 5.74) is 8.84. The number of anilines is 2. The van der Waals surface area contributed by atoms with E-state index in [0.717, 1.165) is 47.4 Å². The van der Waals surface area contributed by atoms with E-state index >= 15 is 0 Å². The summed E-state index contributed by atoms with van der Waals surface area (Å²) in [4.78, 5) is 25.9. The van der Waals surface area contributed by atoms with Crippen LogP contribution in [0.25, 0.3) is 22.4 Å². The minimum atomic E-state index is -0.253. The van der Waals surface area contributed by atoms with E-state index in [4.69, 9.17) is 10.7 Å². The van der Waals surface area contributed by atoms with E-state index in [1.807, 2.05) is 30.3 Å². The van der Waals surface area contributed by atoms with Gasteiger partial charge in [-0.05, 0) is 74.1 Å². The van der Waals surface area contributed by atoms with Gasteiger partial charge in [0, 0.05) is 17.3 Å². The van der Waals surface area contributed by atoms with Gasteiger partial charge in [-0.1, -0.05) is 13.8 Å². The number of hydrogen-bond donors (Lipinski definition) is 3. The predicted octanol–water partition coefficient (Wildman–Crippen LogP) is 5.00. The number of pyridine rings is 1. The van der Waals surface area contributed by atoms with Crippen molar-refractivity contribution in [3.05, 3.63) is 36.5 Å². The Bertz CT molecular complexity index is 1070. The molecule has 2 heterocycles. The van der Waals surface area contributed by atoms with Crippen molar-refractivity contribution in [1.82, 2.24) is 15.0 Å². The molecular weight excluding hydrogens is 374 g/mol. The van der Waals surface area contributed by atoms with Gasteiger partial charge in [0.15, 0.2) is 0 Å². The third-order valence-electron chi connectivity index (χ3n) is 6.90. The normalized spacial score (nSPS) is 28.4. The van der Waals surface area contributed by atoms with Gasteiger partial charge in [0.25, 0.3) is 0 Å². The van der Waals surface area contributed by atoms with Crippen LogP contribution in [-0.2, 0) is 4.79 Å². The van der Waals surface area contributed by atoms with Crippen LogP contribution >= 0.6 is 0 Å². The number of nitrogens with zero attached hydrogens (tertiary/aromatic N) is 2. The second kappa shape index (κ2) is 7.11. The van der Waals surface area contributed by atoms with E-state index in [-0.39, 0.29) is 11.3 Å². The number of rotatable bonds is 3. The van der Waals surface area contributed by atoms with E-state index in [1.165, 1.54) is 12.8 Å². The number of aromatic amines is 1. The number of carbonyl (C=O) groups excluding carboxylic acids is 1. The topological polar surface area (TPSA) is 96.7 Å². The van der Waals surface area contributed by atoms with Crippen LogP contribution in [0.3, 0.4) is 0 Å². The molecule has 2 bridgehead atoms. The molecule has 2 aromatic heterocycles. The molecule has 1 amide bonds. The average molecular weight is 404 g/mol. The number of nitrogen functional groups attached to an aromatic ring is 1. The van der Waals surface area contributed by atoms with Crippen LogP contribution in [0.15, 0.2) is 36.5 Å². The van der Waals surface area contributed by atoms with E-state index in [1.54, 1.807) is 6.20 Å². The Kier molecular flexibility index (Phi) is 4.53. The van der Waals surface area contributed by atoms with Gasteiger partial charge in [-0.15, -0.1) is 0 Å². The first-order valence-corrected chi connectivity index (χ1v) is 10.9. The highest BCUT2D eigenvalue weighted by Crippen LogP contribution is 2.53. The van der Waals surface area contributed by atoms with Gasteiger partial charge in [-0.25, -0.2) is 9.97 Å². The quantitative estimate of drug-likeness (QED) is 0.536. The number of fused-ring (bicyclic) bond motifs is 3. The molecule has 156 valence electrons. The highest BCUT2D eigenvalue weighted by Gasteiger charge is 2.49. The Morgan fingerprint density at radius 1 is 1.13 bits per heavy atom. The summed E-state index contributed by atoms with van der Waals surface area (Å²) in [5, 5.41) is 3.13. The molecule has 2 saturated carbocycles. The summed E-state index contributed by atoms with van der Waals surface area (Å²) in [6, 6.07) is 9.45. The number of carbonyl (C=O) groups is 1. The monoisotopic (exact) mass is 403 g/mol. The van der Waals surface area contributed by atoms with E-state index < -0.39 is 0 Å². The Labute approximate surface area is 176 Å². The van der Waals surface area contributed by atoms with Gasteiger partial charge in [-0.2, -0.15) is 0 Å². The van der Waals surface area contributed by atoms with Crippen molar-refractivity contribution in [2.24, 2.45) is 23.2 Å². The van der Waals surface area contributed by atoms with Gasteiger partial charge in [0.1, 0.15) is 11.6 Å². The lowest BCUT2D eigenvalue weighted by atomic mass is 9.56. The minimum absolute atomic E-state index is 0.131. The number of H-pyrrole nitrogens is 1. The summed E-state index contributed by atoms with van der Waals surface area (Å²) >= 11 is 0. The number of nitrogens with two attached hydrogens (primary N) is 1. The van der Waals surface area contributed by atoms with Gasteiger partial charge in [0.2, 0.25) is 5.91 Å². The molecule has 6 nitrogen and oxygen atoms in total. The molecule has 4 N–H and O–H groups in total. The summed E-state index contributed by atoms with van der Waals surface area (Å²) < 4.78 is 0. The summed E-state index contributed by atoms with van der Waals surface area (Å²) in [6.45, 7) is 4.58. The zero-order valence-corrected chi connectivity index (χ0v) is 17.6. The highest BCUT2D eigenvalue weighted by atomic mass is 16.2. The maximum Gasteiger partial charge on any atom is 0.231 e. The van der Waals surface area contributed by atoms with E-state index in [9.17, 15) is 4.79 Å². The minimum Gasteiger partial charge on any atom is -0.399 e. The summed E-state index contributed by atoms with van der Waals surface area (Å²) in [5.74, 6) is 3.35. The maximum absolute atomic E-state index is 13.4. The van der Waals surface area contributed by atoms with Crippen LogP contribution in [0.4, 0.5) is 11.5 Å². The van der Waals surface area contributed by atoms with Crippen molar-refractivity contribution in [2.45, 2.75) is 46.0 Å². The Hall–Kier alpha value is -2.89. The summed E-state index contributed by atoms with van der Waals surface area (Å²) in [6.07, 6.45) is 7.22. The second-order valence-electron chi connectivity index (χ2n) is 9.69.